The van der Waals surface area contributed by atoms with Gasteiger partial charge in [-0.25, -0.2) is 0 Å². The van der Waals surface area contributed by atoms with Crippen molar-refractivity contribution in [1.29, 1.82) is 0 Å². The van der Waals surface area contributed by atoms with Gasteiger partial charge < -0.3 is 5.11 Å². The molecular formula is C9H15NO2. The first-order chi connectivity index (χ1) is 5.83. The average Bonchev–Trinajstić information content (AvgIpc) is 2.09. The average molecular weight is 169 g/mol. The third-order valence-corrected chi connectivity index (χ3v) is 2.14. The number of hydrogen-bond acceptors (Lipinski definition) is 3. The topological polar surface area (TPSA) is 40.5 Å². The molecule has 12 heavy (non-hydrogen) atoms. The monoisotopic (exact) mass is 169 g/mol. The van der Waals surface area contributed by atoms with E-state index in [1.165, 1.54) is 6.08 Å². The van der Waals surface area contributed by atoms with E-state index in [1.54, 1.807) is 0 Å². The van der Waals surface area contributed by atoms with Crippen LogP contribution in [0.3, 0.4) is 0 Å². The standard InChI is InChI=1S/C9H15NO2/c11-8-2-1-5-10-6-3-9(12)4-7-10/h1-2,8-9,12H,3-7H2/b2-1+. The molecule has 0 amide bonds. The number of hydrogen-bond donors (Lipinski definition) is 1. The number of nitrogens with zero attached hydrogens (tertiary/aromatic N) is 1. The summed E-state index contributed by atoms with van der Waals surface area (Å²) in [5.74, 6) is 0. The molecular weight excluding hydrogens is 154 g/mol. The van der Waals surface area contributed by atoms with Crippen LogP contribution in [0.25, 0.3) is 0 Å². The summed E-state index contributed by atoms with van der Waals surface area (Å²) >= 11 is 0. The van der Waals surface area contributed by atoms with Gasteiger partial charge in [0.25, 0.3) is 0 Å². The molecule has 3 nitrogen and oxygen atoms in total. The fourth-order valence-electron chi connectivity index (χ4n) is 1.37. The number of carbonyl (C=O) groups excluding carboxylic acids is 1. The molecule has 1 aliphatic rings. The summed E-state index contributed by atoms with van der Waals surface area (Å²) in [6.45, 7) is 2.69. The van der Waals surface area contributed by atoms with Gasteiger partial charge in [-0.2, -0.15) is 0 Å². The molecule has 1 saturated heterocycles. The predicted molar refractivity (Wildman–Crippen MR) is 46.9 cm³/mol. The summed E-state index contributed by atoms with van der Waals surface area (Å²) in [4.78, 5) is 12.2. The molecule has 0 spiro atoms. The zero-order valence-electron chi connectivity index (χ0n) is 7.15. The lowest BCUT2D eigenvalue weighted by atomic mass is 10.1. The maximum absolute atomic E-state index is 9.95. The lowest BCUT2D eigenvalue weighted by Crippen LogP contribution is -2.35. The zero-order valence-corrected chi connectivity index (χ0v) is 7.15. The van der Waals surface area contributed by atoms with Crippen molar-refractivity contribution in [3.8, 4) is 0 Å². The van der Waals surface area contributed by atoms with Crippen LogP contribution >= 0.6 is 0 Å². The van der Waals surface area contributed by atoms with Crippen molar-refractivity contribution in [3.63, 3.8) is 0 Å². The molecule has 0 aromatic rings. The minimum atomic E-state index is -0.115. The van der Waals surface area contributed by atoms with Gasteiger partial charge >= 0.3 is 0 Å². The summed E-state index contributed by atoms with van der Waals surface area (Å²) in [5, 5.41) is 9.20. The summed E-state index contributed by atoms with van der Waals surface area (Å²) in [7, 11) is 0. The van der Waals surface area contributed by atoms with E-state index < -0.39 is 0 Å². The van der Waals surface area contributed by atoms with Crippen molar-refractivity contribution >= 4 is 6.29 Å². The van der Waals surface area contributed by atoms with Crippen molar-refractivity contribution in [2.24, 2.45) is 0 Å². The number of aliphatic hydroxyl groups excluding tert-OH is 1. The van der Waals surface area contributed by atoms with E-state index >= 15 is 0 Å². The molecule has 0 unspecified atom stereocenters. The van der Waals surface area contributed by atoms with Crippen molar-refractivity contribution in [1.82, 2.24) is 4.90 Å². The van der Waals surface area contributed by atoms with E-state index in [2.05, 4.69) is 4.90 Å². The van der Waals surface area contributed by atoms with Crippen LogP contribution in [0.5, 0.6) is 0 Å². The van der Waals surface area contributed by atoms with Crippen LogP contribution in [-0.2, 0) is 4.79 Å². The Morgan fingerprint density at radius 2 is 2.08 bits per heavy atom. The van der Waals surface area contributed by atoms with Gasteiger partial charge in [-0.15, -0.1) is 0 Å². The number of likely N-dealkylation sites (tertiary alicyclic amines) is 1. The predicted octanol–water partition coefficient (Wildman–Crippen LogP) is 0.198. The van der Waals surface area contributed by atoms with Gasteiger partial charge in [0.1, 0.15) is 6.29 Å². The lowest BCUT2D eigenvalue weighted by Gasteiger charge is -2.28. The van der Waals surface area contributed by atoms with E-state index in [1.807, 2.05) is 6.08 Å². The summed E-state index contributed by atoms with van der Waals surface area (Å²) in [6.07, 6.45) is 5.76. The molecule has 0 aliphatic carbocycles. The van der Waals surface area contributed by atoms with Gasteiger partial charge in [0.15, 0.2) is 0 Å². The molecule has 0 saturated carbocycles. The van der Waals surface area contributed by atoms with E-state index in [-0.39, 0.29) is 6.10 Å². The first-order valence-electron chi connectivity index (χ1n) is 4.33. The molecule has 1 aliphatic heterocycles. The molecule has 1 rings (SSSR count). The van der Waals surface area contributed by atoms with Crippen molar-refractivity contribution < 1.29 is 9.90 Å². The lowest BCUT2D eigenvalue weighted by molar-refractivity contribution is -0.104. The van der Waals surface area contributed by atoms with Crippen LogP contribution in [0, 0.1) is 0 Å². The number of piperidine rings is 1. The first-order valence-corrected chi connectivity index (χ1v) is 4.33. The van der Waals surface area contributed by atoms with Gasteiger partial charge in [-0.1, -0.05) is 6.08 Å². The summed E-state index contributed by atoms with van der Waals surface area (Å²) in [6, 6.07) is 0. The quantitative estimate of drug-likeness (QED) is 0.484. The molecule has 68 valence electrons. The van der Waals surface area contributed by atoms with Crippen LogP contribution in [0.4, 0.5) is 0 Å². The minimum absolute atomic E-state index is 0.115. The number of aliphatic hydroxyl groups is 1. The molecule has 0 bridgehead atoms. The van der Waals surface area contributed by atoms with Crippen LogP contribution < -0.4 is 0 Å². The Morgan fingerprint density at radius 3 is 2.67 bits per heavy atom. The second-order valence-electron chi connectivity index (χ2n) is 3.10. The Bertz CT molecular complexity index is 160. The second kappa shape index (κ2) is 5.06. The molecule has 1 N–H and O–H groups in total. The summed E-state index contributed by atoms with van der Waals surface area (Å²) < 4.78 is 0. The van der Waals surface area contributed by atoms with E-state index in [9.17, 15) is 9.90 Å². The fourth-order valence-corrected chi connectivity index (χ4v) is 1.37. The third kappa shape index (κ3) is 3.15. The van der Waals surface area contributed by atoms with Crippen molar-refractivity contribution in [3.05, 3.63) is 12.2 Å². The van der Waals surface area contributed by atoms with Gasteiger partial charge in [0, 0.05) is 19.6 Å². The minimum Gasteiger partial charge on any atom is -0.393 e. The molecule has 1 heterocycles. The van der Waals surface area contributed by atoms with Gasteiger partial charge in [-0.05, 0) is 18.9 Å². The molecule has 3 heteroatoms. The Kier molecular flexibility index (Phi) is 3.97. The van der Waals surface area contributed by atoms with Gasteiger partial charge in [-0.3, -0.25) is 9.69 Å². The second-order valence-corrected chi connectivity index (χ2v) is 3.10. The number of allylic oxidation sites excluding steroid dienone is 1. The largest absolute Gasteiger partial charge is 0.393 e. The normalized spacial score (nSPS) is 21.8. The highest BCUT2D eigenvalue weighted by Crippen LogP contribution is 2.08. The molecule has 1 fully saturated rings. The Hall–Kier alpha value is -0.670. The summed E-state index contributed by atoms with van der Waals surface area (Å²) in [5.41, 5.74) is 0. The van der Waals surface area contributed by atoms with Crippen molar-refractivity contribution in [2.45, 2.75) is 18.9 Å². The third-order valence-electron chi connectivity index (χ3n) is 2.14. The van der Waals surface area contributed by atoms with E-state index in [0.29, 0.717) is 0 Å². The number of carbonyl (C=O) groups is 1. The molecule has 0 aromatic heterocycles. The van der Waals surface area contributed by atoms with Gasteiger partial charge in [0.05, 0.1) is 6.10 Å². The van der Waals surface area contributed by atoms with Crippen LogP contribution in [0.1, 0.15) is 12.8 Å². The maximum atomic E-state index is 9.95. The first kappa shape index (κ1) is 9.42. The Balaban J connectivity index is 2.17. The van der Waals surface area contributed by atoms with Crippen LogP contribution in [0.2, 0.25) is 0 Å². The highest BCUT2D eigenvalue weighted by Gasteiger charge is 2.14. The van der Waals surface area contributed by atoms with Crippen molar-refractivity contribution in [2.75, 3.05) is 19.6 Å². The van der Waals surface area contributed by atoms with Crippen LogP contribution in [0.15, 0.2) is 12.2 Å². The SMILES string of the molecule is O=C/C=C/CN1CCC(O)CC1. The molecule has 0 atom stereocenters. The molecule has 0 aromatic carbocycles. The number of aldehydes is 1. The highest BCUT2D eigenvalue weighted by atomic mass is 16.3. The maximum Gasteiger partial charge on any atom is 0.142 e. The smallest absolute Gasteiger partial charge is 0.142 e. The number of rotatable bonds is 3. The molecule has 0 radical (unpaired) electrons. The van der Waals surface area contributed by atoms with Gasteiger partial charge in [0.2, 0.25) is 0 Å². The fraction of sp³-hybridized carbons (Fsp3) is 0.667. The van der Waals surface area contributed by atoms with E-state index in [0.717, 1.165) is 38.8 Å². The zero-order chi connectivity index (χ0) is 8.81. The van der Waals surface area contributed by atoms with Crippen LogP contribution in [-0.4, -0.2) is 42.0 Å². The Morgan fingerprint density at radius 1 is 1.42 bits per heavy atom. The van der Waals surface area contributed by atoms with E-state index in [4.69, 9.17) is 0 Å². The highest BCUT2D eigenvalue weighted by molar-refractivity contribution is 5.64. The Labute approximate surface area is 72.7 Å².